The van der Waals surface area contributed by atoms with Gasteiger partial charge in [0.05, 0.1) is 17.3 Å². The summed E-state index contributed by atoms with van der Waals surface area (Å²) >= 11 is 6.74. The van der Waals surface area contributed by atoms with Crippen molar-refractivity contribution in [3.05, 3.63) is 57.0 Å². The first kappa shape index (κ1) is 15.5. The fraction of sp³-hybridized carbons (Fsp3) is 0.0667. The Morgan fingerprint density at radius 3 is 2.33 bits per heavy atom. The Labute approximate surface area is 139 Å². The molecule has 1 N–H and O–H groups in total. The summed E-state index contributed by atoms with van der Waals surface area (Å²) in [7, 11) is 0. The highest BCUT2D eigenvalue weighted by molar-refractivity contribution is 9.11. The summed E-state index contributed by atoms with van der Waals surface area (Å²) in [6.45, 7) is -0.111. The molecule has 0 heterocycles. The van der Waals surface area contributed by atoms with Crippen LogP contribution < -0.4 is 10.1 Å². The molecule has 1 amide bonds. The van der Waals surface area contributed by atoms with E-state index in [9.17, 15) is 4.79 Å². The predicted molar refractivity (Wildman–Crippen MR) is 87.1 cm³/mol. The van der Waals surface area contributed by atoms with Crippen molar-refractivity contribution in [1.82, 2.24) is 0 Å². The number of carbonyl (C=O) groups is 1. The van der Waals surface area contributed by atoms with Gasteiger partial charge in [0, 0.05) is 8.95 Å². The lowest BCUT2D eigenvalue weighted by Gasteiger charge is -2.10. The minimum atomic E-state index is -0.271. The Balaban J connectivity index is 1.94. The van der Waals surface area contributed by atoms with Crippen LogP contribution in [0.25, 0.3) is 0 Å². The number of hydrogen-bond acceptors (Lipinski definition) is 3. The third-order valence-electron chi connectivity index (χ3n) is 2.58. The molecule has 2 aromatic rings. The molecule has 106 valence electrons. The van der Waals surface area contributed by atoms with Crippen LogP contribution in [0.2, 0.25) is 0 Å². The number of nitrogens with zero attached hydrogens (tertiary/aromatic N) is 1. The maximum absolute atomic E-state index is 11.9. The van der Waals surface area contributed by atoms with E-state index in [1.54, 1.807) is 24.3 Å². The number of hydrogen-bond donors (Lipinski definition) is 1. The van der Waals surface area contributed by atoms with E-state index in [0.29, 0.717) is 17.0 Å². The van der Waals surface area contributed by atoms with Crippen LogP contribution >= 0.6 is 31.9 Å². The Kier molecular flexibility index (Phi) is 5.37. The quantitative estimate of drug-likeness (QED) is 0.826. The number of anilines is 1. The standard InChI is InChI=1S/C15H10Br2N2O2/c16-12-2-1-3-13(17)15(12)19-14(20)9-21-11-6-4-10(8-18)5-7-11/h1-7H,9H2,(H,19,20). The van der Waals surface area contributed by atoms with E-state index in [-0.39, 0.29) is 12.5 Å². The zero-order valence-electron chi connectivity index (χ0n) is 10.8. The molecule has 0 aromatic heterocycles. The largest absolute Gasteiger partial charge is 0.484 e. The molecule has 0 radical (unpaired) electrons. The second-order valence-corrected chi connectivity index (χ2v) is 5.78. The van der Waals surface area contributed by atoms with Crippen LogP contribution in [0.15, 0.2) is 51.4 Å². The molecule has 2 rings (SSSR count). The summed E-state index contributed by atoms with van der Waals surface area (Å²) in [5.41, 5.74) is 1.20. The number of rotatable bonds is 4. The van der Waals surface area contributed by atoms with Gasteiger partial charge in [-0.25, -0.2) is 0 Å². The molecule has 0 bridgehead atoms. The molecule has 0 aliphatic heterocycles. The molecule has 0 spiro atoms. The number of carbonyl (C=O) groups excluding carboxylic acids is 1. The van der Waals surface area contributed by atoms with Crippen LogP contribution in [0.5, 0.6) is 5.75 Å². The lowest BCUT2D eigenvalue weighted by molar-refractivity contribution is -0.118. The molecule has 21 heavy (non-hydrogen) atoms. The number of para-hydroxylation sites is 1. The average molecular weight is 410 g/mol. The van der Waals surface area contributed by atoms with Gasteiger partial charge in [0.2, 0.25) is 0 Å². The second-order valence-electron chi connectivity index (χ2n) is 4.07. The van der Waals surface area contributed by atoms with Gasteiger partial charge in [-0.2, -0.15) is 5.26 Å². The number of nitriles is 1. The molecule has 0 saturated heterocycles. The Morgan fingerprint density at radius 1 is 1.14 bits per heavy atom. The lowest BCUT2D eigenvalue weighted by Crippen LogP contribution is -2.20. The number of ether oxygens (including phenoxy) is 1. The van der Waals surface area contributed by atoms with Gasteiger partial charge in [0.15, 0.2) is 6.61 Å². The smallest absolute Gasteiger partial charge is 0.262 e. The summed E-state index contributed by atoms with van der Waals surface area (Å²) in [6.07, 6.45) is 0. The maximum atomic E-state index is 11.9. The van der Waals surface area contributed by atoms with Crippen molar-refractivity contribution in [3.8, 4) is 11.8 Å². The minimum absolute atomic E-state index is 0.111. The summed E-state index contributed by atoms with van der Waals surface area (Å²) in [4.78, 5) is 11.9. The van der Waals surface area contributed by atoms with Crippen LogP contribution in [0, 0.1) is 11.3 Å². The van der Waals surface area contributed by atoms with Gasteiger partial charge in [-0.3, -0.25) is 4.79 Å². The van der Waals surface area contributed by atoms with Crippen molar-refractivity contribution < 1.29 is 9.53 Å². The topological polar surface area (TPSA) is 62.1 Å². The highest BCUT2D eigenvalue weighted by atomic mass is 79.9. The van der Waals surface area contributed by atoms with E-state index in [4.69, 9.17) is 10.00 Å². The van der Waals surface area contributed by atoms with Crippen LogP contribution in [0.3, 0.4) is 0 Å². The molecule has 0 fully saturated rings. The van der Waals surface area contributed by atoms with E-state index in [1.807, 2.05) is 24.3 Å². The number of amides is 1. The number of nitrogens with one attached hydrogen (secondary N) is 1. The molecule has 0 atom stereocenters. The van der Waals surface area contributed by atoms with E-state index in [2.05, 4.69) is 37.2 Å². The monoisotopic (exact) mass is 408 g/mol. The highest BCUT2D eigenvalue weighted by Crippen LogP contribution is 2.30. The third-order valence-corrected chi connectivity index (χ3v) is 3.90. The molecular formula is C15H10Br2N2O2. The Morgan fingerprint density at radius 2 is 1.76 bits per heavy atom. The van der Waals surface area contributed by atoms with Crippen molar-refractivity contribution in [2.75, 3.05) is 11.9 Å². The van der Waals surface area contributed by atoms with Gasteiger partial charge in [0.1, 0.15) is 5.75 Å². The van der Waals surface area contributed by atoms with E-state index in [1.165, 1.54) is 0 Å². The molecular weight excluding hydrogens is 400 g/mol. The van der Waals surface area contributed by atoms with E-state index < -0.39 is 0 Å². The van der Waals surface area contributed by atoms with Crippen LogP contribution in [-0.2, 0) is 4.79 Å². The molecule has 0 unspecified atom stereocenters. The average Bonchev–Trinajstić information content (AvgIpc) is 2.49. The molecule has 0 aliphatic rings. The molecule has 2 aromatic carbocycles. The van der Waals surface area contributed by atoms with E-state index >= 15 is 0 Å². The first-order valence-corrected chi connectivity index (χ1v) is 7.55. The minimum Gasteiger partial charge on any atom is -0.484 e. The SMILES string of the molecule is N#Cc1ccc(OCC(=O)Nc2c(Br)cccc2Br)cc1. The fourth-order valence-corrected chi connectivity index (χ4v) is 2.76. The normalized spacial score (nSPS) is 9.76. The molecule has 0 saturated carbocycles. The predicted octanol–water partition coefficient (Wildman–Crippen LogP) is 4.10. The molecule has 0 aliphatic carbocycles. The maximum Gasteiger partial charge on any atom is 0.262 e. The van der Waals surface area contributed by atoms with Crippen LogP contribution in [0.1, 0.15) is 5.56 Å². The zero-order chi connectivity index (χ0) is 15.2. The van der Waals surface area contributed by atoms with Gasteiger partial charge in [0.25, 0.3) is 5.91 Å². The van der Waals surface area contributed by atoms with Crippen molar-refractivity contribution in [2.24, 2.45) is 0 Å². The third kappa shape index (κ3) is 4.31. The molecule has 6 heteroatoms. The summed E-state index contributed by atoms with van der Waals surface area (Å²) in [6, 6.07) is 14.1. The van der Waals surface area contributed by atoms with Crippen molar-refractivity contribution >= 4 is 43.5 Å². The van der Waals surface area contributed by atoms with Crippen molar-refractivity contribution in [2.45, 2.75) is 0 Å². The van der Waals surface area contributed by atoms with Gasteiger partial charge in [-0.1, -0.05) is 6.07 Å². The van der Waals surface area contributed by atoms with Gasteiger partial charge in [-0.15, -0.1) is 0 Å². The summed E-state index contributed by atoms with van der Waals surface area (Å²) < 4.78 is 6.93. The zero-order valence-corrected chi connectivity index (χ0v) is 13.9. The summed E-state index contributed by atoms with van der Waals surface area (Å²) in [5, 5.41) is 11.5. The van der Waals surface area contributed by atoms with Gasteiger partial charge in [-0.05, 0) is 68.3 Å². The van der Waals surface area contributed by atoms with Crippen molar-refractivity contribution in [1.29, 1.82) is 5.26 Å². The first-order valence-electron chi connectivity index (χ1n) is 5.97. The highest BCUT2D eigenvalue weighted by Gasteiger charge is 2.09. The van der Waals surface area contributed by atoms with Crippen LogP contribution in [0.4, 0.5) is 5.69 Å². The number of benzene rings is 2. The Bertz CT molecular complexity index is 674. The fourth-order valence-electron chi connectivity index (χ4n) is 1.57. The summed E-state index contributed by atoms with van der Waals surface area (Å²) in [5.74, 6) is 0.266. The van der Waals surface area contributed by atoms with E-state index in [0.717, 1.165) is 8.95 Å². The Hall–Kier alpha value is -1.84. The number of halogens is 2. The van der Waals surface area contributed by atoms with Gasteiger partial charge >= 0.3 is 0 Å². The lowest BCUT2D eigenvalue weighted by atomic mass is 10.2. The van der Waals surface area contributed by atoms with Crippen LogP contribution in [-0.4, -0.2) is 12.5 Å². The molecule has 4 nitrogen and oxygen atoms in total. The second kappa shape index (κ2) is 7.25. The first-order chi connectivity index (χ1) is 10.1. The van der Waals surface area contributed by atoms with Crippen molar-refractivity contribution in [3.63, 3.8) is 0 Å². The van der Waals surface area contributed by atoms with Gasteiger partial charge < -0.3 is 10.1 Å².